The van der Waals surface area contributed by atoms with Gasteiger partial charge in [0.25, 0.3) is 0 Å². The summed E-state index contributed by atoms with van der Waals surface area (Å²) in [4.78, 5) is -0.281. The van der Waals surface area contributed by atoms with Crippen molar-refractivity contribution in [3.63, 3.8) is 0 Å². The number of rotatable bonds is 2. The lowest BCUT2D eigenvalue weighted by atomic mass is 10.0. The molecule has 0 aliphatic heterocycles. The van der Waals surface area contributed by atoms with E-state index in [-0.39, 0.29) is 4.83 Å². The second-order valence-electron chi connectivity index (χ2n) is 3.58. The van der Waals surface area contributed by atoms with E-state index in [1.165, 1.54) is 12.1 Å². The first-order valence-electron chi connectivity index (χ1n) is 4.92. The smallest absolute Gasteiger partial charge is 0.130 e. The number of hydrogen-bond donors (Lipinski definition) is 0. The molecule has 0 amide bonds. The number of halogens is 4. The van der Waals surface area contributed by atoms with Crippen molar-refractivity contribution in [1.82, 2.24) is 0 Å². The maximum absolute atomic E-state index is 13.6. The summed E-state index contributed by atoms with van der Waals surface area (Å²) < 4.78 is 27.4. The second kappa shape index (κ2) is 5.27. The average molecular weight is 362 g/mol. The first-order chi connectivity index (χ1) is 8.08. The summed E-state index contributed by atoms with van der Waals surface area (Å²) in [6, 6.07) is 11.1. The molecule has 2 aromatic carbocycles. The van der Waals surface area contributed by atoms with Crippen LogP contribution in [0.3, 0.4) is 0 Å². The van der Waals surface area contributed by atoms with Gasteiger partial charge in [0.05, 0.1) is 4.83 Å². The molecule has 0 aliphatic carbocycles. The third-order valence-corrected chi connectivity index (χ3v) is 3.95. The van der Waals surface area contributed by atoms with Gasteiger partial charge in [0, 0.05) is 16.1 Å². The Labute approximate surface area is 115 Å². The number of hydrogen-bond acceptors (Lipinski definition) is 0. The van der Waals surface area contributed by atoms with Crippen LogP contribution in [0.4, 0.5) is 8.78 Å². The van der Waals surface area contributed by atoms with Crippen molar-refractivity contribution in [3.05, 3.63) is 69.7 Å². The first kappa shape index (κ1) is 12.7. The quantitative estimate of drug-likeness (QED) is 0.644. The fraction of sp³-hybridized carbons (Fsp3) is 0.0769. The summed E-state index contributed by atoms with van der Waals surface area (Å²) in [5, 5.41) is 0. The van der Waals surface area contributed by atoms with E-state index in [1.54, 1.807) is 0 Å². The van der Waals surface area contributed by atoms with E-state index >= 15 is 0 Å². The topological polar surface area (TPSA) is 0 Å². The molecule has 0 heterocycles. The molecule has 2 rings (SSSR count). The summed E-state index contributed by atoms with van der Waals surface area (Å²) >= 11 is 6.75. The van der Waals surface area contributed by atoms with Crippen LogP contribution in [0, 0.1) is 11.6 Å². The van der Waals surface area contributed by atoms with Crippen molar-refractivity contribution in [3.8, 4) is 0 Å². The molecule has 0 aliphatic rings. The van der Waals surface area contributed by atoms with Crippen molar-refractivity contribution < 1.29 is 8.78 Å². The highest BCUT2D eigenvalue weighted by molar-refractivity contribution is 9.10. The molecule has 0 spiro atoms. The Bertz CT molecular complexity index is 523. The summed E-state index contributed by atoms with van der Waals surface area (Å²) in [7, 11) is 0. The van der Waals surface area contributed by atoms with Crippen LogP contribution in [0.5, 0.6) is 0 Å². The van der Waals surface area contributed by atoms with Gasteiger partial charge in [-0.25, -0.2) is 8.78 Å². The van der Waals surface area contributed by atoms with E-state index in [1.807, 2.05) is 24.3 Å². The van der Waals surface area contributed by atoms with E-state index in [9.17, 15) is 8.78 Å². The third kappa shape index (κ3) is 2.93. The summed E-state index contributed by atoms with van der Waals surface area (Å²) in [5.41, 5.74) is 1.34. The Morgan fingerprint density at radius 2 is 1.59 bits per heavy atom. The van der Waals surface area contributed by atoms with Crippen molar-refractivity contribution in [2.45, 2.75) is 4.83 Å². The van der Waals surface area contributed by atoms with Gasteiger partial charge in [-0.3, -0.25) is 0 Å². The van der Waals surface area contributed by atoms with Crippen LogP contribution in [0.15, 0.2) is 46.9 Å². The van der Waals surface area contributed by atoms with Crippen molar-refractivity contribution >= 4 is 31.9 Å². The van der Waals surface area contributed by atoms with Gasteiger partial charge in [0.15, 0.2) is 0 Å². The number of benzene rings is 2. The lowest BCUT2D eigenvalue weighted by Gasteiger charge is -2.11. The van der Waals surface area contributed by atoms with Crippen molar-refractivity contribution in [1.29, 1.82) is 0 Å². The Morgan fingerprint density at radius 1 is 0.941 bits per heavy atom. The molecule has 0 N–H and O–H groups in total. The standard InChI is InChI=1S/C13H8Br2F2/c14-9-3-1-8(2-4-9)13(15)11-6-5-10(16)7-12(11)17/h1-7,13H. The molecule has 0 aromatic heterocycles. The van der Waals surface area contributed by atoms with E-state index in [2.05, 4.69) is 31.9 Å². The molecule has 1 atom stereocenters. The molecule has 17 heavy (non-hydrogen) atoms. The van der Waals surface area contributed by atoms with Crippen molar-refractivity contribution in [2.24, 2.45) is 0 Å². The van der Waals surface area contributed by atoms with E-state index in [4.69, 9.17) is 0 Å². The van der Waals surface area contributed by atoms with Crippen LogP contribution in [-0.4, -0.2) is 0 Å². The highest BCUT2D eigenvalue weighted by atomic mass is 79.9. The molecule has 0 fully saturated rings. The normalized spacial score (nSPS) is 12.5. The second-order valence-corrected chi connectivity index (χ2v) is 5.41. The fourth-order valence-electron chi connectivity index (χ4n) is 1.52. The minimum atomic E-state index is -0.568. The van der Waals surface area contributed by atoms with Crippen LogP contribution in [0.2, 0.25) is 0 Å². The van der Waals surface area contributed by atoms with E-state index in [0.717, 1.165) is 16.1 Å². The molecule has 1 unspecified atom stereocenters. The Hall–Kier alpha value is -0.740. The largest absolute Gasteiger partial charge is 0.207 e. The minimum absolute atomic E-state index is 0.281. The van der Waals surface area contributed by atoms with Gasteiger partial charge in [0.2, 0.25) is 0 Å². The SMILES string of the molecule is Fc1ccc(C(Br)c2ccc(Br)cc2)c(F)c1. The van der Waals surface area contributed by atoms with Crippen LogP contribution in [0.1, 0.15) is 16.0 Å². The summed E-state index contributed by atoms with van der Waals surface area (Å²) in [6.45, 7) is 0. The summed E-state index contributed by atoms with van der Waals surface area (Å²) in [5.74, 6) is -1.11. The van der Waals surface area contributed by atoms with E-state index < -0.39 is 11.6 Å². The zero-order valence-corrected chi connectivity index (χ0v) is 11.8. The highest BCUT2D eigenvalue weighted by Crippen LogP contribution is 2.33. The van der Waals surface area contributed by atoms with Gasteiger partial charge in [-0.15, -0.1) is 0 Å². The lowest BCUT2D eigenvalue weighted by molar-refractivity contribution is 0.574. The molecular weight excluding hydrogens is 354 g/mol. The molecule has 0 saturated carbocycles. The predicted molar refractivity (Wildman–Crippen MR) is 71.3 cm³/mol. The van der Waals surface area contributed by atoms with E-state index in [0.29, 0.717) is 5.56 Å². The predicted octanol–water partition coefficient (Wildman–Crippen LogP) is 5.21. The molecule has 0 radical (unpaired) electrons. The van der Waals surface area contributed by atoms with Crippen molar-refractivity contribution in [2.75, 3.05) is 0 Å². The molecule has 0 saturated heterocycles. The van der Waals surface area contributed by atoms with Gasteiger partial charge in [0.1, 0.15) is 11.6 Å². The molecule has 0 nitrogen and oxygen atoms in total. The highest BCUT2D eigenvalue weighted by Gasteiger charge is 2.15. The first-order valence-corrected chi connectivity index (χ1v) is 6.63. The van der Waals surface area contributed by atoms with Crippen LogP contribution in [-0.2, 0) is 0 Å². The molecular formula is C13H8Br2F2. The Kier molecular flexibility index (Phi) is 3.94. The van der Waals surface area contributed by atoms with Gasteiger partial charge < -0.3 is 0 Å². The van der Waals surface area contributed by atoms with Gasteiger partial charge in [-0.05, 0) is 23.8 Å². The maximum Gasteiger partial charge on any atom is 0.130 e. The van der Waals surface area contributed by atoms with Gasteiger partial charge in [-0.1, -0.05) is 50.1 Å². The van der Waals surface area contributed by atoms with Gasteiger partial charge in [-0.2, -0.15) is 0 Å². The lowest BCUT2D eigenvalue weighted by Crippen LogP contribution is -1.97. The molecule has 2 aromatic rings. The monoisotopic (exact) mass is 360 g/mol. The zero-order valence-electron chi connectivity index (χ0n) is 8.63. The summed E-state index contributed by atoms with van der Waals surface area (Å²) in [6.07, 6.45) is 0. The van der Waals surface area contributed by atoms with Crippen LogP contribution in [0.25, 0.3) is 0 Å². The maximum atomic E-state index is 13.6. The Balaban J connectivity index is 2.36. The third-order valence-electron chi connectivity index (χ3n) is 2.40. The molecule has 0 bridgehead atoms. The molecule has 4 heteroatoms. The van der Waals surface area contributed by atoms with Gasteiger partial charge >= 0.3 is 0 Å². The minimum Gasteiger partial charge on any atom is -0.207 e. The molecule has 88 valence electrons. The average Bonchev–Trinajstić information content (AvgIpc) is 2.29. The Morgan fingerprint density at radius 3 is 2.18 bits per heavy atom. The fourth-order valence-corrected chi connectivity index (χ4v) is 2.46. The van der Waals surface area contributed by atoms with Crippen LogP contribution >= 0.6 is 31.9 Å². The number of alkyl halides is 1. The zero-order chi connectivity index (χ0) is 12.4. The van der Waals surface area contributed by atoms with Crippen LogP contribution < -0.4 is 0 Å².